The van der Waals surface area contributed by atoms with Crippen molar-refractivity contribution in [2.24, 2.45) is 0 Å². The van der Waals surface area contributed by atoms with E-state index < -0.39 is 0 Å². The van der Waals surface area contributed by atoms with E-state index in [4.69, 9.17) is 0 Å². The van der Waals surface area contributed by atoms with Gasteiger partial charge in [0, 0.05) is 23.7 Å². The zero-order chi connectivity index (χ0) is 6.41. The third-order valence-corrected chi connectivity index (χ3v) is 1.08. The van der Waals surface area contributed by atoms with Gasteiger partial charge in [0.25, 0.3) is 0 Å². The summed E-state index contributed by atoms with van der Waals surface area (Å²) in [4.78, 5) is 10.2. The molecule has 1 amide bonds. The fourth-order valence-electron chi connectivity index (χ4n) is 0.353. The summed E-state index contributed by atoms with van der Waals surface area (Å²) < 4.78 is 0. The van der Waals surface area contributed by atoms with Crippen molar-refractivity contribution in [3.05, 3.63) is 0 Å². The molecule has 2 nitrogen and oxygen atoms in total. The van der Waals surface area contributed by atoms with Crippen molar-refractivity contribution in [3.8, 4) is 0 Å². The Morgan fingerprint density at radius 1 is 1.75 bits per heavy atom. The van der Waals surface area contributed by atoms with Gasteiger partial charge in [-0.25, -0.2) is 0 Å². The predicted octanol–water partition coefficient (Wildman–Crippen LogP) is 0.0994. The predicted molar refractivity (Wildman–Crippen MR) is 33.9 cm³/mol. The van der Waals surface area contributed by atoms with Crippen molar-refractivity contribution in [1.29, 1.82) is 0 Å². The van der Waals surface area contributed by atoms with Gasteiger partial charge in [0.15, 0.2) is 0 Å². The van der Waals surface area contributed by atoms with Gasteiger partial charge in [0.2, 0.25) is 5.91 Å². The summed E-state index contributed by atoms with van der Waals surface area (Å²) >= 11 is 0. The summed E-state index contributed by atoms with van der Waals surface area (Å²) in [5.41, 5.74) is 0. The van der Waals surface area contributed by atoms with E-state index in [0.29, 0.717) is 0 Å². The molecule has 3 radical (unpaired) electrons. The Kier molecular flexibility index (Phi) is 4.65. The molecule has 45 valence electrons. The molecule has 0 saturated heterocycles. The lowest BCUT2D eigenvalue weighted by Gasteiger charge is -1.96. The maximum absolute atomic E-state index is 10.2. The van der Waals surface area contributed by atoms with Gasteiger partial charge >= 0.3 is 0 Å². The first-order valence-electron chi connectivity index (χ1n) is 2.66. The number of hydrogen-bond donors (Lipinski definition) is 1. The minimum atomic E-state index is 0.0464. The van der Waals surface area contributed by atoms with Gasteiger partial charge in [0.05, 0.1) is 0 Å². The van der Waals surface area contributed by atoms with Crippen LogP contribution in [0.5, 0.6) is 0 Å². The highest BCUT2D eigenvalue weighted by molar-refractivity contribution is 6.08. The Hall–Kier alpha value is -0.313. The molecule has 0 aromatic carbocycles. The molecule has 0 rings (SSSR count). The van der Waals surface area contributed by atoms with Gasteiger partial charge in [0.1, 0.15) is 0 Å². The van der Waals surface area contributed by atoms with E-state index >= 15 is 0 Å². The molecular formula is C5H10NOSi. The van der Waals surface area contributed by atoms with Gasteiger partial charge in [-0.2, -0.15) is 0 Å². The maximum atomic E-state index is 10.2. The highest BCUT2D eigenvalue weighted by Crippen LogP contribution is 1.78. The Labute approximate surface area is 53.1 Å². The quantitative estimate of drug-likeness (QED) is 0.424. The third-order valence-electron chi connectivity index (χ3n) is 0.727. The molecule has 3 heteroatoms. The van der Waals surface area contributed by atoms with E-state index in [-0.39, 0.29) is 5.91 Å². The molecule has 0 aliphatic rings. The zero-order valence-electron chi connectivity index (χ0n) is 5.03. The standard InChI is InChI=1S/C5H10NOSi/c1-5(7)6-3-2-4-8/h2-4H2,1H3,(H,6,7). The maximum Gasteiger partial charge on any atom is 0.216 e. The molecule has 0 heterocycles. The number of amides is 1. The lowest BCUT2D eigenvalue weighted by molar-refractivity contribution is -0.118. The van der Waals surface area contributed by atoms with Crippen LogP contribution < -0.4 is 5.32 Å². The minimum Gasteiger partial charge on any atom is -0.356 e. The third kappa shape index (κ3) is 5.69. The number of carbonyl (C=O) groups excluding carboxylic acids is 1. The zero-order valence-corrected chi connectivity index (χ0v) is 6.03. The Morgan fingerprint density at radius 2 is 2.38 bits per heavy atom. The summed E-state index contributed by atoms with van der Waals surface area (Å²) in [6, 6.07) is 0.945. The molecule has 0 atom stereocenters. The molecule has 1 N–H and O–H groups in total. The summed E-state index contributed by atoms with van der Waals surface area (Å²) in [5.74, 6) is 0.0464. The van der Waals surface area contributed by atoms with Crippen LogP contribution in [0.4, 0.5) is 0 Å². The molecule has 0 fully saturated rings. The largest absolute Gasteiger partial charge is 0.356 e. The van der Waals surface area contributed by atoms with Crippen molar-refractivity contribution >= 4 is 16.1 Å². The Balaban J connectivity index is 2.82. The van der Waals surface area contributed by atoms with Gasteiger partial charge in [-0.15, -0.1) is 0 Å². The fraction of sp³-hybridized carbons (Fsp3) is 0.800. The molecule has 0 spiro atoms. The van der Waals surface area contributed by atoms with E-state index in [0.717, 1.165) is 19.0 Å². The van der Waals surface area contributed by atoms with Crippen molar-refractivity contribution in [1.82, 2.24) is 5.32 Å². The molecule has 8 heavy (non-hydrogen) atoms. The van der Waals surface area contributed by atoms with E-state index in [9.17, 15) is 4.79 Å². The number of hydrogen-bond acceptors (Lipinski definition) is 1. The smallest absolute Gasteiger partial charge is 0.216 e. The molecule has 0 aliphatic carbocycles. The average molecular weight is 128 g/mol. The highest BCUT2D eigenvalue weighted by Gasteiger charge is 1.85. The summed E-state index contributed by atoms with van der Waals surface area (Å²) in [5, 5.41) is 2.68. The number of rotatable bonds is 3. The molecule has 0 bridgehead atoms. The van der Waals surface area contributed by atoms with Gasteiger partial charge in [-0.3, -0.25) is 4.79 Å². The van der Waals surface area contributed by atoms with Gasteiger partial charge < -0.3 is 5.32 Å². The number of carbonyl (C=O) groups is 1. The molecular weight excluding hydrogens is 118 g/mol. The second-order valence-corrected chi connectivity index (χ2v) is 2.09. The van der Waals surface area contributed by atoms with E-state index in [1.807, 2.05) is 0 Å². The number of nitrogens with one attached hydrogen (secondary N) is 1. The van der Waals surface area contributed by atoms with Crippen LogP contribution >= 0.6 is 0 Å². The normalized spacial score (nSPS) is 8.75. The summed E-state index contributed by atoms with van der Waals surface area (Å²) in [6.45, 7) is 2.30. The first-order valence-corrected chi connectivity index (χ1v) is 3.37. The van der Waals surface area contributed by atoms with Crippen LogP contribution in [0.2, 0.25) is 6.04 Å². The fourth-order valence-corrected chi connectivity index (χ4v) is 0.530. The van der Waals surface area contributed by atoms with Crippen LogP contribution in [0.15, 0.2) is 0 Å². The molecule has 0 aromatic rings. The summed E-state index contributed by atoms with van der Waals surface area (Å²) in [6.07, 6.45) is 0.996. The Morgan fingerprint density at radius 3 is 2.75 bits per heavy atom. The van der Waals surface area contributed by atoms with E-state index in [2.05, 4.69) is 15.6 Å². The van der Waals surface area contributed by atoms with Crippen molar-refractivity contribution in [3.63, 3.8) is 0 Å². The van der Waals surface area contributed by atoms with Crippen LogP contribution in [0, 0.1) is 0 Å². The van der Waals surface area contributed by atoms with Crippen molar-refractivity contribution in [2.45, 2.75) is 19.4 Å². The molecule has 0 unspecified atom stereocenters. The SMILES string of the molecule is CC(=O)NCCC[Si]. The average Bonchev–Trinajstić information content (AvgIpc) is 1.66. The van der Waals surface area contributed by atoms with Crippen molar-refractivity contribution in [2.75, 3.05) is 6.54 Å². The lowest BCUT2D eigenvalue weighted by Crippen LogP contribution is -2.20. The van der Waals surface area contributed by atoms with Crippen LogP contribution in [-0.2, 0) is 4.79 Å². The van der Waals surface area contributed by atoms with Crippen molar-refractivity contribution < 1.29 is 4.79 Å². The van der Waals surface area contributed by atoms with Crippen LogP contribution in [0.1, 0.15) is 13.3 Å². The van der Waals surface area contributed by atoms with Gasteiger partial charge in [-0.05, 0) is 6.42 Å². The Bertz CT molecular complexity index is 74.8. The first kappa shape index (κ1) is 7.69. The molecule has 0 saturated carbocycles. The second kappa shape index (κ2) is 4.84. The monoisotopic (exact) mass is 128 g/mol. The highest BCUT2D eigenvalue weighted by atomic mass is 28.1. The van der Waals surface area contributed by atoms with E-state index in [1.54, 1.807) is 0 Å². The van der Waals surface area contributed by atoms with Gasteiger partial charge in [-0.1, -0.05) is 6.04 Å². The van der Waals surface area contributed by atoms with Crippen LogP contribution in [-0.4, -0.2) is 22.7 Å². The van der Waals surface area contributed by atoms with Crippen LogP contribution in [0.3, 0.4) is 0 Å². The molecule has 0 aliphatic heterocycles. The molecule has 0 aromatic heterocycles. The topological polar surface area (TPSA) is 29.1 Å². The lowest BCUT2D eigenvalue weighted by atomic mass is 10.5. The van der Waals surface area contributed by atoms with E-state index in [1.165, 1.54) is 6.92 Å². The first-order chi connectivity index (χ1) is 3.77. The minimum absolute atomic E-state index is 0.0464. The second-order valence-electron chi connectivity index (χ2n) is 1.59. The summed E-state index contributed by atoms with van der Waals surface area (Å²) in [7, 11) is 3.29. The van der Waals surface area contributed by atoms with Crippen LogP contribution in [0.25, 0.3) is 0 Å².